The van der Waals surface area contributed by atoms with Crippen LogP contribution in [0.4, 0.5) is 37.7 Å². The minimum atomic E-state index is -2.44. The van der Waals surface area contributed by atoms with E-state index in [2.05, 4.69) is 0 Å². The Morgan fingerprint density at radius 3 is 1.46 bits per heavy atom. The zero-order valence-corrected chi connectivity index (χ0v) is 19.1. The van der Waals surface area contributed by atoms with Gasteiger partial charge in [-0.05, 0) is 41.5 Å². The molecule has 0 bridgehead atoms. The Labute approximate surface area is 193 Å². The quantitative estimate of drug-likeness (QED) is 0.217. The zero-order chi connectivity index (χ0) is 27.2. The summed E-state index contributed by atoms with van der Waals surface area (Å²) in [5, 5.41) is 20.7. The topological polar surface area (TPSA) is 117 Å². The average molecular weight is 511 g/mol. The first-order chi connectivity index (χ1) is 15.8. The summed E-state index contributed by atoms with van der Waals surface area (Å²) in [6.45, 7) is 7.61. The molecule has 0 aliphatic carbocycles. The van der Waals surface area contributed by atoms with Crippen LogP contribution in [0, 0.1) is 55.1 Å². The maximum absolute atomic E-state index is 15.4. The van der Waals surface area contributed by atoms with Gasteiger partial charge in [0.05, 0.1) is 16.1 Å². The molecule has 9 nitrogen and oxygen atoms in total. The van der Waals surface area contributed by atoms with Crippen molar-refractivity contribution in [1.82, 2.24) is 0 Å². The number of nitrogens with zero attached hydrogens (tertiary/aromatic N) is 2. The normalized spacial score (nSPS) is 11.9. The van der Waals surface area contributed by atoms with E-state index in [1.54, 1.807) is 0 Å². The highest BCUT2D eigenvalue weighted by Gasteiger charge is 2.40. The predicted molar refractivity (Wildman–Crippen MR) is 110 cm³/mol. The van der Waals surface area contributed by atoms with Crippen molar-refractivity contribution >= 4 is 11.4 Å². The van der Waals surface area contributed by atoms with Crippen LogP contribution in [0.1, 0.15) is 41.5 Å². The van der Waals surface area contributed by atoms with Crippen LogP contribution in [0.15, 0.2) is 0 Å². The minimum Gasteiger partial charge on any atom is -0.483 e. The summed E-state index contributed by atoms with van der Waals surface area (Å²) in [7, 11) is 0. The van der Waals surface area contributed by atoms with Gasteiger partial charge < -0.3 is 9.47 Å². The lowest BCUT2D eigenvalue weighted by Gasteiger charge is -2.25. The summed E-state index contributed by atoms with van der Waals surface area (Å²) in [6, 6.07) is 0. The molecule has 0 fully saturated rings. The van der Waals surface area contributed by atoms with Crippen molar-refractivity contribution in [2.75, 3.05) is 5.43 Å². The maximum Gasteiger partial charge on any atom is 0.352 e. The first-order valence-electron chi connectivity index (χ1n) is 9.63. The van der Waals surface area contributed by atoms with Crippen LogP contribution in [0.3, 0.4) is 0 Å². The number of rotatable bonds is 6. The highest BCUT2D eigenvalue weighted by molar-refractivity contribution is 5.77. The molecule has 0 radical (unpaired) electrons. The first kappa shape index (κ1) is 27.5. The Kier molecular flexibility index (Phi) is 7.15. The number of hydrogen-bond donors (Lipinski definition) is 1. The third kappa shape index (κ3) is 5.49. The molecule has 0 spiro atoms. The van der Waals surface area contributed by atoms with E-state index in [0.717, 1.165) is 0 Å². The molecule has 0 aromatic heterocycles. The number of benzene rings is 2. The Bertz CT molecular complexity index is 1220. The summed E-state index contributed by atoms with van der Waals surface area (Å²) in [5.74, 6) is -16.4. The second kappa shape index (κ2) is 9.11. The van der Waals surface area contributed by atoms with Crippen LogP contribution in [0.25, 0.3) is 11.1 Å². The van der Waals surface area contributed by atoms with Crippen molar-refractivity contribution < 1.29 is 45.8 Å². The summed E-state index contributed by atoms with van der Waals surface area (Å²) in [5.41, 5.74) is -8.70. The molecule has 2 aromatic rings. The molecule has 35 heavy (non-hydrogen) atoms. The molecule has 0 aliphatic rings. The van der Waals surface area contributed by atoms with Crippen LogP contribution < -0.4 is 14.9 Å². The van der Waals surface area contributed by atoms with E-state index in [0.29, 0.717) is 0 Å². The number of anilines is 1. The van der Waals surface area contributed by atoms with Crippen molar-refractivity contribution in [1.29, 1.82) is 0 Å². The highest BCUT2D eigenvalue weighted by Crippen LogP contribution is 2.47. The largest absolute Gasteiger partial charge is 0.483 e. The predicted octanol–water partition coefficient (Wildman–Crippen LogP) is 6.05. The lowest BCUT2D eigenvalue weighted by atomic mass is 9.99. The Morgan fingerprint density at radius 1 is 0.657 bits per heavy atom. The van der Waals surface area contributed by atoms with E-state index < -0.39 is 90.1 Å². The number of nitro benzene ring substituents is 1. The SMILES string of the molecule is CC(C)(C)Oc1c(F)c(-c2c(F)c(F)c([N+](=O)[O-])c(OC(C)(C)C)c2F)c(F)c(F)c1N[N+](=O)[O-]. The Morgan fingerprint density at radius 2 is 1.06 bits per heavy atom. The van der Waals surface area contributed by atoms with Gasteiger partial charge in [-0.1, -0.05) is 0 Å². The van der Waals surface area contributed by atoms with Gasteiger partial charge in [0.25, 0.3) is 0 Å². The monoisotopic (exact) mass is 511 g/mol. The molecule has 192 valence electrons. The molecule has 0 aliphatic heterocycles. The van der Waals surface area contributed by atoms with Crippen molar-refractivity contribution in [2.45, 2.75) is 52.7 Å². The van der Waals surface area contributed by atoms with Gasteiger partial charge in [-0.25, -0.2) is 32.1 Å². The van der Waals surface area contributed by atoms with Crippen LogP contribution >= 0.6 is 0 Å². The summed E-state index contributed by atoms with van der Waals surface area (Å²) in [4.78, 5) is 20.6. The molecule has 2 rings (SSSR count). The summed E-state index contributed by atoms with van der Waals surface area (Å²) >= 11 is 0. The fourth-order valence-corrected chi connectivity index (χ4v) is 2.86. The summed E-state index contributed by atoms with van der Waals surface area (Å²) < 4.78 is 100. The molecule has 0 saturated heterocycles. The van der Waals surface area contributed by atoms with Crippen molar-refractivity contribution in [3.63, 3.8) is 0 Å². The molecule has 0 amide bonds. The van der Waals surface area contributed by atoms with Crippen molar-refractivity contribution in [3.05, 3.63) is 55.1 Å². The number of nitro groups is 2. The number of halogens is 6. The second-order valence-electron chi connectivity index (χ2n) is 9.07. The standard InChI is InChI=1S/C20H19F6N3O6/c1-19(2,3)34-17-11(23)7(9(21)13(25)15(17)27-29(32)33)8-10(22)14(26)16(28(30)31)18(12(8)24)35-20(4,5)6/h27H,1-6H3. The van der Waals surface area contributed by atoms with Gasteiger partial charge in [-0.15, -0.1) is 5.43 Å². The lowest BCUT2D eigenvalue weighted by Crippen LogP contribution is -2.26. The molecule has 2 aromatic carbocycles. The molecule has 0 unspecified atom stereocenters. The fraction of sp³-hybridized carbons (Fsp3) is 0.400. The van der Waals surface area contributed by atoms with E-state index >= 15 is 8.78 Å². The van der Waals surface area contributed by atoms with Gasteiger partial charge in [-0.3, -0.25) is 10.1 Å². The first-order valence-corrected chi connectivity index (χ1v) is 9.63. The third-order valence-corrected chi connectivity index (χ3v) is 3.98. The smallest absolute Gasteiger partial charge is 0.352 e. The van der Waals surface area contributed by atoms with E-state index in [4.69, 9.17) is 9.47 Å². The maximum atomic E-state index is 15.4. The zero-order valence-electron chi connectivity index (χ0n) is 19.1. The number of ether oxygens (including phenoxy) is 2. The second-order valence-corrected chi connectivity index (χ2v) is 9.07. The van der Waals surface area contributed by atoms with E-state index in [9.17, 15) is 37.8 Å². The van der Waals surface area contributed by atoms with Gasteiger partial charge in [-0.2, -0.15) is 4.39 Å². The lowest BCUT2D eigenvalue weighted by molar-refractivity contribution is -0.445. The minimum absolute atomic E-state index is 1.20. The van der Waals surface area contributed by atoms with Gasteiger partial charge in [0, 0.05) is 0 Å². The van der Waals surface area contributed by atoms with Gasteiger partial charge in [0.1, 0.15) is 11.2 Å². The van der Waals surface area contributed by atoms with Crippen LogP contribution in [-0.2, 0) is 0 Å². The molecular formula is C20H19F6N3O6. The Hall–Kier alpha value is -3.78. The van der Waals surface area contributed by atoms with E-state index in [1.807, 2.05) is 0 Å². The van der Waals surface area contributed by atoms with E-state index in [1.165, 1.54) is 47.0 Å². The van der Waals surface area contributed by atoms with Crippen molar-refractivity contribution in [2.24, 2.45) is 0 Å². The summed E-state index contributed by atoms with van der Waals surface area (Å²) in [6.07, 6.45) is 0. The molecule has 0 saturated carbocycles. The third-order valence-electron chi connectivity index (χ3n) is 3.98. The van der Waals surface area contributed by atoms with E-state index in [-0.39, 0.29) is 0 Å². The molecule has 0 heterocycles. The molecule has 15 heteroatoms. The van der Waals surface area contributed by atoms with Gasteiger partial charge in [0.15, 0.2) is 45.6 Å². The number of nitrogens with one attached hydrogen (secondary N) is 1. The molecular weight excluding hydrogens is 492 g/mol. The van der Waals surface area contributed by atoms with Crippen molar-refractivity contribution in [3.8, 4) is 22.6 Å². The molecule has 0 atom stereocenters. The van der Waals surface area contributed by atoms with Crippen LogP contribution in [0.2, 0.25) is 0 Å². The highest BCUT2D eigenvalue weighted by atomic mass is 19.2. The molecule has 1 N–H and O–H groups in total. The number of hydrazine groups is 1. The van der Waals surface area contributed by atoms with Gasteiger partial charge in [0.2, 0.25) is 11.6 Å². The van der Waals surface area contributed by atoms with Crippen LogP contribution in [-0.4, -0.2) is 21.2 Å². The van der Waals surface area contributed by atoms with Gasteiger partial charge >= 0.3 is 5.69 Å². The average Bonchev–Trinajstić information content (AvgIpc) is 2.67. The van der Waals surface area contributed by atoms with Crippen LogP contribution in [0.5, 0.6) is 11.5 Å². The Balaban J connectivity index is 3.11. The fourth-order valence-electron chi connectivity index (χ4n) is 2.86. The number of hydrogen-bond acceptors (Lipinski definition) is 6.